The molecule has 2 heterocycles. The van der Waals surface area contributed by atoms with Gasteiger partial charge >= 0.3 is 5.97 Å². The molecule has 0 N–H and O–H groups in total. The topological polar surface area (TPSA) is 64.7 Å². The zero-order chi connectivity index (χ0) is 21.0. The fourth-order valence-corrected chi connectivity index (χ4v) is 3.40. The van der Waals surface area contributed by atoms with Crippen molar-refractivity contribution in [1.29, 1.82) is 0 Å². The molecule has 0 saturated heterocycles. The smallest absolute Gasteiger partial charge is 0.340 e. The van der Waals surface area contributed by atoms with E-state index in [1.165, 1.54) is 0 Å². The Morgan fingerprint density at radius 3 is 2.45 bits per heavy atom. The Kier molecular flexibility index (Phi) is 6.22. The van der Waals surface area contributed by atoms with Gasteiger partial charge in [0.05, 0.1) is 18.4 Å². The van der Waals surface area contributed by atoms with Crippen molar-refractivity contribution in [1.82, 2.24) is 4.57 Å². The van der Waals surface area contributed by atoms with E-state index in [1.54, 1.807) is 17.2 Å². The number of para-hydroxylation sites is 1. The molecule has 0 aliphatic heterocycles. The third-order valence-electron chi connectivity index (χ3n) is 4.83. The maximum Gasteiger partial charge on any atom is 0.340 e. The first-order chi connectivity index (χ1) is 13.9. The molecule has 0 radical (unpaired) electrons. The van der Waals surface area contributed by atoms with Gasteiger partial charge in [-0.25, -0.2) is 4.79 Å². The van der Waals surface area contributed by atoms with Gasteiger partial charge in [-0.05, 0) is 58.0 Å². The Bertz CT molecular complexity index is 972. The zero-order valence-electron chi connectivity index (χ0n) is 17.2. The molecular formula is C23H26N2O4. The average Bonchev–Trinajstić information content (AvgIpc) is 3.30. The van der Waals surface area contributed by atoms with Crippen molar-refractivity contribution < 1.29 is 18.7 Å². The van der Waals surface area contributed by atoms with Gasteiger partial charge in [-0.1, -0.05) is 18.2 Å². The Hall–Kier alpha value is -3.28. The minimum absolute atomic E-state index is 0.0537. The van der Waals surface area contributed by atoms with Crippen molar-refractivity contribution in [2.45, 2.75) is 40.3 Å². The van der Waals surface area contributed by atoms with E-state index in [0.717, 1.165) is 22.8 Å². The molecule has 0 bridgehead atoms. The predicted octanol–water partition coefficient (Wildman–Crippen LogP) is 4.34. The van der Waals surface area contributed by atoms with Gasteiger partial charge in [-0.2, -0.15) is 0 Å². The van der Waals surface area contributed by atoms with Crippen LogP contribution in [-0.2, 0) is 16.1 Å². The number of hydrogen-bond donors (Lipinski definition) is 0. The lowest BCUT2D eigenvalue weighted by atomic mass is 10.2. The average molecular weight is 394 g/mol. The molecule has 1 aromatic carbocycles. The number of nitrogens with zero attached hydrogens (tertiary/aromatic N) is 2. The van der Waals surface area contributed by atoms with Crippen molar-refractivity contribution >= 4 is 17.6 Å². The summed E-state index contributed by atoms with van der Waals surface area (Å²) < 4.78 is 12.7. The van der Waals surface area contributed by atoms with Crippen LogP contribution in [0.15, 0.2) is 59.2 Å². The Morgan fingerprint density at radius 1 is 1.10 bits per heavy atom. The molecule has 0 spiro atoms. The van der Waals surface area contributed by atoms with Crippen LogP contribution in [0.2, 0.25) is 0 Å². The maximum absolute atomic E-state index is 12.7. The molecule has 0 aliphatic rings. The number of rotatable bonds is 7. The van der Waals surface area contributed by atoms with Crippen molar-refractivity contribution in [2.75, 3.05) is 11.5 Å². The standard InChI is InChI=1S/C23H26N2O4/c1-16(2)25(19-9-6-5-7-10-19)22(26)15-29-23(27)21-13-17(3)24(18(21)4)14-20-11-8-12-28-20/h5-13,16H,14-15H2,1-4H3. The van der Waals surface area contributed by atoms with Crippen LogP contribution in [0, 0.1) is 13.8 Å². The molecule has 6 heteroatoms. The van der Waals surface area contributed by atoms with Gasteiger partial charge in [0.15, 0.2) is 6.61 Å². The summed E-state index contributed by atoms with van der Waals surface area (Å²) >= 11 is 0. The molecule has 0 atom stereocenters. The van der Waals surface area contributed by atoms with Crippen LogP contribution in [0.1, 0.15) is 41.4 Å². The summed E-state index contributed by atoms with van der Waals surface area (Å²) in [5.74, 6) is 0.0372. The summed E-state index contributed by atoms with van der Waals surface area (Å²) in [6, 6.07) is 14.8. The van der Waals surface area contributed by atoms with Crippen LogP contribution < -0.4 is 4.90 Å². The van der Waals surface area contributed by atoms with E-state index >= 15 is 0 Å². The first-order valence-corrected chi connectivity index (χ1v) is 9.61. The van der Waals surface area contributed by atoms with Crippen LogP contribution >= 0.6 is 0 Å². The van der Waals surface area contributed by atoms with Gasteiger partial charge in [0.2, 0.25) is 0 Å². The highest BCUT2D eigenvalue weighted by Crippen LogP contribution is 2.20. The Morgan fingerprint density at radius 2 is 1.83 bits per heavy atom. The highest BCUT2D eigenvalue weighted by Gasteiger charge is 2.23. The Labute approximate surface area is 170 Å². The molecule has 3 aromatic rings. The van der Waals surface area contributed by atoms with Crippen LogP contribution in [0.5, 0.6) is 0 Å². The van der Waals surface area contributed by atoms with E-state index in [1.807, 2.05) is 74.7 Å². The predicted molar refractivity (Wildman–Crippen MR) is 111 cm³/mol. The third-order valence-corrected chi connectivity index (χ3v) is 4.83. The van der Waals surface area contributed by atoms with Crippen LogP contribution in [-0.4, -0.2) is 29.1 Å². The highest BCUT2D eigenvalue weighted by molar-refractivity contribution is 5.97. The number of esters is 1. The van der Waals surface area contributed by atoms with Gasteiger partial charge in [0.25, 0.3) is 5.91 Å². The highest BCUT2D eigenvalue weighted by atomic mass is 16.5. The van der Waals surface area contributed by atoms with Crippen LogP contribution in [0.3, 0.4) is 0 Å². The number of furan rings is 1. The summed E-state index contributed by atoms with van der Waals surface area (Å²) in [6.07, 6.45) is 1.62. The van der Waals surface area contributed by atoms with E-state index in [-0.39, 0.29) is 18.6 Å². The van der Waals surface area contributed by atoms with E-state index in [2.05, 4.69) is 0 Å². The molecule has 0 saturated carbocycles. The molecule has 2 aromatic heterocycles. The van der Waals surface area contributed by atoms with Crippen LogP contribution in [0.25, 0.3) is 0 Å². The van der Waals surface area contributed by atoms with E-state index in [9.17, 15) is 9.59 Å². The molecule has 6 nitrogen and oxygen atoms in total. The summed E-state index contributed by atoms with van der Waals surface area (Å²) in [4.78, 5) is 27.0. The van der Waals surface area contributed by atoms with Gasteiger partial charge in [-0.3, -0.25) is 4.79 Å². The largest absolute Gasteiger partial charge is 0.467 e. The second-order valence-electron chi connectivity index (χ2n) is 7.22. The fraction of sp³-hybridized carbons (Fsp3) is 0.304. The number of ether oxygens (including phenoxy) is 1. The number of aryl methyl sites for hydroxylation is 1. The number of aromatic nitrogens is 1. The van der Waals surface area contributed by atoms with E-state index < -0.39 is 5.97 Å². The normalized spacial score (nSPS) is 10.9. The minimum atomic E-state index is -0.506. The lowest BCUT2D eigenvalue weighted by molar-refractivity contribution is -0.122. The molecule has 3 rings (SSSR count). The number of carbonyl (C=O) groups excluding carboxylic acids is 2. The molecule has 0 aliphatic carbocycles. The van der Waals surface area contributed by atoms with E-state index in [0.29, 0.717) is 12.1 Å². The summed E-state index contributed by atoms with van der Waals surface area (Å²) in [7, 11) is 0. The number of carbonyl (C=O) groups is 2. The summed E-state index contributed by atoms with van der Waals surface area (Å²) in [5.41, 5.74) is 2.93. The van der Waals surface area contributed by atoms with E-state index in [4.69, 9.17) is 9.15 Å². The SMILES string of the molecule is Cc1cc(C(=O)OCC(=O)N(c2ccccc2)C(C)C)c(C)n1Cc1ccco1. The zero-order valence-corrected chi connectivity index (χ0v) is 17.2. The number of anilines is 1. The monoisotopic (exact) mass is 394 g/mol. The molecule has 29 heavy (non-hydrogen) atoms. The van der Waals surface area contributed by atoms with Gasteiger partial charge in [0, 0.05) is 23.1 Å². The third kappa shape index (κ3) is 4.59. The first kappa shape index (κ1) is 20.5. The second-order valence-corrected chi connectivity index (χ2v) is 7.22. The maximum atomic E-state index is 12.7. The minimum Gasteiger partial charge on any atom is -0.467 e. The molecule has 1 amide bonds. The van der Waals surface area contributed by atoms with Crippen molar-refractivity contribution in [2.24, 2.45) is 0 Å². The number of hydrogen-bond acceptors (Lipinski definition) is 4. The molecule has 152 valence electrons. The molecule has 0 unspecified atom stereocenters. The first-order valence-electron chi connectivity index (χ1n) is 9.61. The van der Waals surface area contributed by atoms with Crippen molar-refractivity contribution in [3.05, 3.63) is 77.5 Å². The van der Waals surface area contributed by atoms with Gasteiger partial charge in [0.1, 0.15) is 5.76 Å². The van der Waals surface area contributed by atoms with Gasteiger partial charge < -0.3 is 18.6 Å². The lowest BCUT2D eigenvalue weighted by Gasteiger charge is -2.26. The molecular weight excluding hydrogens is 368 g/mol. The lowest BCUT2D eigenvalue weighted by Crippen LogP contribution is -2.39. The number of amides is 1. The summed E-state index contributed by atoms with van der Waals surface area (Å²) in [5, 5.41) is 0. The Balaban J connectivity index is 1.69. The quantitative estimate of drug-likeness (QED) is 0.559. The van der Waals surface area contributed by atoms with Crippen molar-refractivity contribution in [3.8, 4) is 0 Å². The summed E-state index contributed by atoms with van der Waals surface area (Å²) in [6.45, 7) is 7.86. The van der Waals surface area contributed by atoms with Crippen LogP contribution in [0.4, 0.5) is 5.69 Å². The molecule has 0 fully saturated rings. The number of benzene rings is 1. The van der Waals surface area contributed by atoms with Crippen molar-refractivity contribution in [3.63, 3.8) is 0 Å². The van der Waals surface area contributed by atoms with Gasteiger partial charge in [-0.15, -0.1) is 0 Å². The fourth-order valence-electron chi connectivity index (χ4n) is 3.40. The second kappa shape index (κ2) is 8.82.